The number of hydrogen-bond acceptors (Lipinski definition) is 3. The third-order valence-electron chi connectivity index (χ3n) is 4.52. The van der Waals surface area contributed by atoms with Crippen LogP contribution in [0.3, 0.4) is 0 Å². The minimum absolute atomic E-state index is 0.430. The summed E-state index contributed by atoms with van der Waals surface area (Å²) in [6.07, 6.45) is 1.90. The molecule has 0 spiro atoms. The maximum atomic E-state index is 12.9. The van der Waals surface area contributed by atoms with Crippen molar-refractivity contribution < 1.29 is 8.42 Å². The van der Waals surface area contributed by atoms with Gasteiger partial charge in [-0.15, -0.1) is 0 Å². The van der Waals surface area contributed by atoms with E-state index in [2.05, 4.69) is 13.8 Å². The normalized spacial score (nSPS) is 18.3. The highest BCUT2D eigenvalue weighted by Crippen LogP contribution is 2.31. The summed E-state index contributed by atoms with van der Waals surface area (Å²) in [6, 6.07) is 3.47. The van der Waals surface area contributed by atoms with Crippen molar-refractivity contribution >= 4 is 15.7 Å². The first-order chi connectivity index (χ1) is 9.73. The molecule has 1 fully saturated rings. The van der Waals surface area contributed by atoms with Gasteiger partial charge < -0.3 is 5.73 Å². The monoisotopic (exact) mass is 310 g/mol. The smallest absolute Gasteiger partial charge is 0.243 e. The average Bonchev–Trinajstić information content (AvgIpc) is 2.37. The standard InChI is InChI=1S/C16H26N2O2S/c1-11(2)14-5-7-18(8-6-14)21(19,20)16-12(3)9-15(17)10-13(16)4/h9-11,14H,5-8,17H2,1-4H3. The van der Waals surface area contributed by atoms with Crippen molar-refractivity contribution in [3.63, 3.8) is 0 Å². The van der Waals surface area contributed by atoms with Crippen LogP contribution in [0.25, 0.3) is 0 Å². The lowest BCUT2D eigenvalue weighted by molar-refractivity contribution is 0.226. The van der Waals surface area contributed by atoms with Crippen molar-refractivity contribution in [2.75, 3.05) is 18.8 Å². The minimum Gasteiger partial charge on any atom is -0.399 e. The summed E-state index contributed by atoms with van der Waals surface area (Å²) in [4.78, 5) is 0.430. The number of piperidine rings is 1. The fraction of sp³-hybridized carbons (Fsp3) is 0.625. The molecular weight excluding hydrogens is 284 g/mol. The molecular formula is C16H26N2O2S. The SMILES string of the molecule is Cc1cc(N)cc(C)c1S(=O)(=O)N1CCC(C(C)C)CC1. The topological polar surface area (TPSA) is 63.4 Å². The summed E-state index contributed by atoms with van der Waals surface area (Å²) in [5.41, 5.74) is 7.88. The first-order valence-corrected chi connectivity index (χ1v) is 9.04. The van der Waals surface area contributed by atoms with Crippen molar-refractivity contribution in [3.05, 3.63) is 23.3 Å². The largest absolute Gasteiger partial charge is 0.399 e. The maximum Gasteiger partial charge on any atom is 0.243 e. The van der Waals surface area contributed by atoms with Gasteiger partial charge in [-0.2, -0.15) is 4.31 Å². The molecule has 0 aliphatic carbocycles. The molecule has 1 aliphatic rings. The number of aryl methyl sites for hydroxylation is 2. The first kappa shape index (κ1) is 16.3. The van der Waals surface area contributed by atoms with E-state index in [1.54, 1.807) is 16.4 Å². The second-order valence-corrected chi connectivity index (χ2v) is 8.34. The summed E-state index contributed by atoms with van der Waals surface area (Å²) in [5, 5.41) is 0. The van der Waals surface area contributed by atoms with E-state index < -0.39 is 10.0 Å². The van der Waals surface area contributed by atoms with Crippen molar-refractivity contribution in [1.82, 2.24) is 4.31 Å². The van der Waals surface area contributed by atoms with Gasteiger partial charge in [0, 0.05) is 18.8 Å². The van der Waals surface area contributed by atoms with Crippen LogP contribution in [0.4, 0.5) is 5.69 Å². The van der Waals surface area contributed by atoms with Crippen LogP contribution in [0, 0.1) is 25.7 Å². The number of sulfonamides is 1. The summed E-state index contributed by atoms with van der Waals surface area (Å²) < 4.78 is 27.4. The molecule has 21 heavy (non-hydrogen) atoms. The molecule has 2 rings (SSSR count). The molecule has 118 valence electrons. The molecule has 0 radical (unpaired) electrons. The molecule has 0 unspecified atom stereocenters. The second kappa shape index (κ2) is 5.97. The van der Waals surface area contributed by atoms with Gasteiger partial charge in [-0.3, -0.25) is 0 Å². The van der Waals surface area contributed by atoms with E-state index >= 15 is 0 Å². The van der Waals surface area contributed by atoms with Gasteiger partial charge in [0.1, 0.15) is 0 Å². The summed E-state index contributed by atoms with van der Waals surface area (Å²) in [7, 11) is -3.41. The highest BCUT2D eigenvalue weighted by Gasteiger charge is 2.32. The Kier molecular flexibility index (Phi) is 4.63. The average molecular weight is 310 g/mol. The van der Waals surface area contributed by atoms with Crippen LogP contribution in [0.5, 0.6) is 0 Å². The lowest BCUT2D eigenvalue weighted by Gasteiger charge is -2.33. The van der Waals surface area contributed by atoms with Crippen molar-refractivity contribution in [2.24, 2.45) is 11.8 Å². The Morgan fingerprint density at radius 1 is 1.14 bits per heavy atom. The number of anilines is 1. The molecule has 1 saturated heterocycles. The van der Waals surface area contributed by atoms with Crippen LogP contribution in [-0.4, -0.2) is 25.8 Å². The summed E-state index contributed by atoms with van der Waals surface area (Å²) in [6.45, 7) is 9.29. The molecule has 1 heterocycles. The van der Waals surface area contributed by atoms with Gasteiger partial charge in [0.05, 0.1) is 4.90 Å². The number of rotatable bonds is 3. The van der Waals surface area contributed by atoms with Crippen LogP contribution in [0.2, 0.25) is 0 Å². The first-order valence-electron chi connectivity index (χ1n) is 7.60. The molecule has 0 atom stereocenters. The van der Waals surface area contributed by atoms with E-state index in [1.807, 2.05) is 13.8 Å². The highest BCUT2D eigenvalue weighted by atomic mass is 32.2. The zero-order valence-corrected chi connectivity index (χ0v) is 14.2. The minimum atomic E-state index is -3.41. The Balaban J connectivity index is 2.28. The zero-order valence-electron chi connectivity index (χ0n) is 13.4. The molecule has 1 aromatic carbocycles. The van der Waals surface area contributed by atoms with Gasteiger partial charge in [-0.25, -0.2) is 8.42 Å². The van der Waals surface area contributed by atoms with Crippen molar-refractivity contribution in [3.8, 4) is 0 Å². The van der Waals surface area contributed by atoms with Crippen LogP contribution in [-0.2, 0) is 10.0 Å². The predicted octanol–water partition coefficient (Wildman–Crippen LogP) is 2.94. The molecule has 2 N–H and O–H groups in total. The number of nitrogens with two attached hydrogens (primary N) is 1. The molecule has 1 aliphatic heterocycles. The van der Waals surface area contributed by atoms with E-state index in [1.165, 1.54) is 0 Å². The van der Waals surface area contributed by atoms with Crippen LogP contribution < -0.4 is 5.73 Å². The number of hydrogen-bond donors (Lipinski definition) is 1. The number of benzene rings is 1. The molecule has 0 aromatic heterocycles. The highest BCUT2D eigenvalue weighted by molar-refractivity contribution is 7.89. The maximum absolute atomic E-state index is 12.9. The quantitative estimate of drug-likeness (QED) is 0.873. The van der Waals surface area contributed by atoms with Gasteiger partial charge in [-0.05, 0) is 61.8 Å². The lowest BCUT2D eigenvalue weighted by atomic mass is 9.87. The fourth-order valence-corrected chi connectivity index (χ4v) is 5.18. The Morgan fingerprint density at radius 2 is 1.62 bits per heavy atom. The molecule has 0 bridgehead atoms. The van der Waals surface area contributed by atoms with Crippen molar-refractivity contribution in [1.29, 1.82) is 0 Å². The van der Waals surface area contributed by atoms with E-state index in [0.717, 1.165) is 24.0 Å². The van der Waals surface area contributed by atoms with Crippen molar-refractivity contribution in [2.45, 2.75) is 45.4 Å². The van der Waals surface area contributed by atoms with Gasteiger partial charge in [0.15, 0.2) is 0 Å². The summed E-state index contributed by atoms with van der Waals surface area (Å²) >= 11 is 0. The van der Waals surface area contributed by atoms with Crippen LogP contribution in [0.15, 0.2) is 17.0 Å². The molecule has 5 heteroatoms. The van der Waals surface area contributed by atoms with Gasteiger partial charge in [0.2, 0.25) is 10.0 Å². The van der Waals surface area contributed by atoms with Gasteiger partial charge >= 0.3 is 0 Å². The predicted molar refractivity (Wildman–Crippen MR) is 86.6 cm³/mol. The Bertz CT molecular complexity index is 592. The lowest BCUT2D eigenvalue weighted by Crippen LogP contribution is -2.40. The van der Waals surface area contributed by atoms with Crippen LogP contribution >= 0.6 is 0 Å². The number of nitrogen functional groups attached to an aromatic ring is 1. The second-order valence-electron chi connectivity index (χ2n) is 6.47. The third-order valence-corrected chi connectivity index (χ3v) is 6.73. The Morgan fingerprint density at radius 3 is 2.05 bits per heavy atom. The molecule has 0 saturated carbocycles. The van der Waals surface area contributed by atoms with E-state index in [9.17, 15) is 8.42 Å². The molecule has 4 nitrogen and oxygen atoms in total. The fourth-order valence-electron chi connectivity index (χ4n) is 3.30. The van der Waals surface area contributed by atoms with E-state index in [4.69, 9.17) is 5.73 Å². The third kappa shape index (κ3) is 3.24. The Hall–Kier alpha value is -1.07. The molecule has 0 amide bonds. The zero-order chi connectivity index (χ0) is 15.8. The van der Waals surface area contributed by atoms with E-state index in [0.29, 0.717) is 35.5 Å². The van der Waals surface area contributed by atoms with Gasteiger partial charge in [-0.1, -0.05) is 13.8 Å². The number of nitrogens with zero attached hydrogens (tertiary/aromatic N) is 1. The molecule has 1 aromatic rings. The van der Waals surface area contributed by atoms with E-state index in [-0.39, 0.29) is 0 Å². The van der Waals surface area contributed by atoms with Gasteiger partial charge in [0.25, 0.3) is 0 Å². The van der Waals surface area contributed by atoms with Crippen LogP contribution in [0.1, 0.15) is 37.8 Å². The summed E-state index contributed by atoms with van der Waals surface area (Å²) in [5.74, 6) is 1.25. The Labute approximate surface area is 128 Å².